The van der Waals surface area contributed by atoms with E-state index in [-0.39, 0.29) is 29.5 Å². The van der Waals surface area contributed by atoms with Crippen LogP contribution >= 0.6 is 11.8 Å². The maximum atomic E-state index is 12.5. The lowest BCUT2D eigenvalue weighted by Crippen LogP contribution is -2.43. The molecule has 1 aromatic rings. The molecule has 1 saturated heterocycles. The first-order valence-electron chi connectivity index (χ1n) is 7.08. The van der Waals surface area contributed by atoms with E-state index in [0.29, 0.717) is 12.2 Å². The van der Waals surface area contributed by atoms with Gasteiger partial charge in [-0.15, -0.1) is 0 Å². The van der Waals surface area contributed by atoms with E-state index in [2.05, 4.69) is 4.98 Å². The highest BCUT2D eigenvalue weighted by Crippen LogP contribution is 2.33. The van der Waals surface area contributed by atoms with Crippen LogP contribution in [0.15, 0.2) is 17.6 Å². The molecule has 0 bridgehead atoms. The molecular formula is C13H19N3O3S2. The fourth-order valence-electron chi connectivity index (χ4n) is 2.74. The van der Waals surface area contributed by atoms with Crippen LogP contribution in [0.4, 0.5) is 0 Å². The Morgan fingerprint density at radius 1 is 1.43 bits per heavy atom. The van der Waals surface area contributed by atoms with E-state index in [0.717, 1.165) is 18.0 Å². The summed E-state index contributed by atoms with van der Waals surface area (Å²) in [5, 5.41) is 0.804. The van der Waals surface area contributed by atoms with Crippen molar-refractivity contribution in [2.24, 2.45) is 7.05 Å². The smallest absolute Gasteiger partial charge is 0.233 e. The molecule has 0 N–H and O–H groups in total. The van der Waals surface area contributed by atoms with Crippen LogP contribution in [-0.4, -0.2) is 58.1 Å². The van der Waals surface area contributed by atoms with Crippen molar-refractivity contribution in [1.29, 1.82) is 0 Å². The van der Waals surface area contributed by atoms with Crippen molar-refractivity contribution < 1.29 is 13.2 Å². The Balaban J connectivity index is 1.64. The van der Waals surface area contributed by atoms with Gasteiger partial charge in [0.1, 0.15) is 0 Å². The van der Waals surface area contributed by atoms with E-state index in [1.54, 1.807) is 6.20 Å². The zero-order valence-corrected chi connectivity index (χ0v) is 13.6. The maximum absolute atomic E-state index is 12.5. The Bertz CT molecular complexity index is 637. The number of hydrogen-bond donors (Lipinski definition) is 0. The first-order chi connectivity index (χ1) is 9.96. The molecule has 1 aromatic heterocycles. The van der Waals surface area contributed by atoms with Gasteiger partial charge in [0.05, 0.1) is 17.3 Å². The molecule has 1 amide bonds. The number of amides is 1. The topological polar surface area (TPSA) is 72.3 Å². The second-order valence-corrected chi connectivity index (χ2v) is 8.87. The molecule has 8 heteroatoms. The Kier molecular flexibility index (Phi) is 4.00. The molecule has 1 saturated carbocycles. The average molecular weight is 329 g/mol. The minimum Gasteiger partial charge on any atom is -0.335 e. The van der Waals surface area contributed by atoms with Crippen molar-refractivity contribution in [3.8, 4) is 0 Å². The van der Waals surface area contributed by atoms with E-state index < -0.39 is 9.84 Å². The average Bonchev–Trinajstić information content (AvgIpc) is 3.06. The molecule has 1 atom stereocenters. The molecule has 1 unspecified atom stereocenters. The number of sulfone groups is 1. The number of imidazole rings is 1. The van der Waals surface area contributed by atoms with E-state index in [1.807, 2.05) is 22.7 Å². The van der Waals surface area contributed by atoms with E-state index >= 15 is 0 Å². The number of carbonyl (C=O) groups is 1. The van der Waals surface area contributed by atoms with Gasteiger partial charge < -0.3 is 9.47 Å². The SMILES string of the molecule is Cn1ccnc1SCC(=O)N(C1CC1)C1CCS(=O)(=O)C1. The number of aromatic nitrogens is 2. The van der Waals surface area contributed by atoms with Gasteiger partial charge in [-0.2, -0.15) is 0 Å². The van der Waals surface area contributed by atoms with Crippen LogP contribution in [0.5, 0.6) is 0 Å². The van der Waals surface area contributed by atoms with Gasteiger partial charge in [-0.3, -0.25) is 4.79 Å². The molecule has 0 radical (unpaired) electrons. The normalized spacial score (nSPS) is 24.1. The van der Waals surface area contributed by atoms with Crippen LogP contribution in [0.1, 0.15) is 19.3 Å². The van der Waals surface area contributed by atoms with Crippen molar-refractivity contribution in [3.05, 3.63) is 12.4 Å². The van der Waals surface area contributed by atoms with Crippen molar-refractivity contribution in [2.45, 2.75) is 36.5 Å². The Hall–Kier alpha value is -1.02. The lowest BCUT2D eigenvalue weighted by atomic mass is 10.2. The maximum Gasteiger partial charge on any atom is 0.233 e. The summed E-state index contributed by atoms with van der Waals surface area (Å²) in [5.74, 6) is 0.688. The lowest BCUT2D eigenvalue weighted by Gasteiger charge is -2.28. The molecule has 1 aliphatic heterocycles. The monoisotopic (exact) mass is 329 g/mol. The largest absolute Gasteiger partial charge is 0.335 e. The summed E-state index contributed by atoms with van der Waals surface area (Å²) in [4.78, 5) is 18.5. The molecular weight excluding hydrogens is 310 g/mol. The Morgan fingerprint density at radius 2 is 2.19 bits per heavy atom. The molecule has 1 aliphatic carbocycles. The van der Waals surface area contributed by atoms with Gasteiger partial charge in [-0.1, -0.05) is 11.8 Å². The van der Waals surface area contributed by atoms with Crippen LogP contribution in [0.3, 0.4) is 0 Å². The van der Waals surface area contributed by atoms with E-state index in [9.17, 15) is 13.2 Å². The van der Waals surface area contributed by atoms with Crippen molar-refractivity contribution in [1.82, 2.24) is 14.5 Å². The third kappa shape index (κ3) is 3.42. The molecule has 2 fully saturated rings. The predicted molar refractivity (Wildman–Crippen MR) is 80.9 cm³/mol. The minimum absolute atomic E-state index is 0.0348. The highest BCUT2D eigenvalue weighted by atomic mass is 32.2. The number of carbonyl (C=O) groups excluding carboxylic acids is 1. The van der Waals surface area contributed by atoms with Crippen molar-refractivity contribution in [2.75, 3.05) is 17.3 Å². The zero-order valence-electron chi connectivity index (χ0n) is 11.9. The highest BCUT2D eigenvalue weighted by Gasteiger charge is 2.41. The van der Waals surface area contributed by atoms with Crippen molar-refractivity contribution in [3.63, 3.8) is 0 Å². The lowest BCUT2D eigenvalue weighted by molar-refractivity contribution is -0.130. The summed E-state index contributed by atoms with van der Waals surface area (Å²) < 4.78 is 25.2. The second kappa shape index (κ2) is 5.64. The highest BCUT2D eigenvalue weighted by molar-refractivity contribution is 7.99. The quantitative estimate of drug-likeness (QED) is 0.743. The molecule has 0 aromatic carbocycles. The third-order valence-corrected chi connectivity index (χ3v) is 6.72. The van der Waals surface area contributed by atoms with Gasteiger partial charge in [0, 0.05) is 31.5 Å². The van der Waals surface area contributed by atoms with Gasteiger partial charge in [-0.05, 0) is 19.3 Å². The molecule has 3 rings (SSSR count). The van der Waals surface area contributed by atoms with Gasteiger partial charge in [-0.25, -0.2) is 13.4 Å². The van der Waals surface area contributed by atoms with Crippen LogP contribution in [0.2, 0.25) is 0 Å². The van der Waals surface area contributed by atoms with E-state index in [4.69, 9.17) is 0 Å². The molecule has 2 heterocycles. The third-order valence-electron chi connectivity index (χ3n) is 3.93. The van der Waals surface area contributed by atoms with Crippen LogP contribution in [0, 0.1) is 0 Å². The first kappa shape index (κ1) is 14.9. The van der Waals surface area contributed by atoms with E-state index in [1.165, 1.54) is 11.8 Å². The summed E-state index contributed by atoms with van der Waals surface area (Å²) >= 11 is 1.41. The Labute approximate surface area is 128 Å². The van der Waals surface area contributed by atoms with Crippen LogP contribution in [0.25, 0.3) is 0 Å². The summed E-state index contributed by atoms with van der Waals surface area (Å²) in [6.45, 7) is 0. The van der Waals surface area contributed by atoms with Gasteiger partial charge in [0.15, 0.2) is 15.0 Å². The summed E-state index contributed by atoms with van der Waals surface area (Å²) in [5.41, 5.74) is 0. The standard InChI is InChI=1S/C13H19N3O3S2/c1-15-6-5-14-13(15)20-8-12(17)16(10-2-3-10)11-4-7-21(18,19)9-11/h5-6,10-11H,2-4,7-9H2,1H3. The minimum atomic E-state index is -2.96. The molecule has 6 nitrogen and oxygen atoms in total. The zero-order chi connectivity index (χ0) is 15.0. The number of nitrogens with zero attached hydrogens (tertiary/aromatic N) is 3. The summed E-state index contributed by atoms with van der Waals surface area (Å²) in [6.07, 6.45) is 6.12. The van der Waals surface area contributed by atoms with Crippen LogP contribution in [-0.2, 0) is 21.7 Å². The fourth-order valence-corrected chi connectivity index (χ4v) is 5.26. The molecule has 2 aliphatic rings. The first-order valence-corrected chi connectivity index (χ1v) is 9.89. The molecule has 21 heavy (non-hydrogen) atoms. The summed E-state index contributed by atoms with van der Waals surface area (Å²) in [6, 6.07) is 0.120. The van der Waals surface area contributed by atoms with Gasteiger partial charge in [0.25, 0.3) is 0 Å². The fraction of sp³-hybridized carbons (Fsp3) is 0.692. The van der Waals surface area contributed by atoms with Crippen LogP contribution < -0.4 is 0 Å². The van der Waals surface area contributed by atoms with Gasteiger partial charge >= 0.3 is 0 Å². The number of aryl methyl sites for hydroxylation is 1. The van der Waals surface area contributed by atoms with Gasteiger partial charge in [0.2, 0.25) is 5.91 Å². The summed E-state index contributed by atoms with van der Waals surface area (Å²) in [7, 11) is -1.07. The number of hydrogen-bond acceptors (Lipinski definition) is 5. The predicted octanol–water partition coefficient (Wildman–Crippen LogP) is 0.690. The van der Waals surface area contributed by atoms with Crippen molar-refractivity contribution >= 4 is 27.5 Å². The Morgan fingerprint density at radius 3 is 2.71 bits per heavy atom. The second-order valence-electron chi connectivity index (χ2n) is 5.70. The molecule has 116 valence electrons. The molecule has 0 spiro atoms. The number of rotatable bonds is 5. The number of thioether (sulfide) groups is 1.